The number of halogens is 1. The van der Waals surface area contributed by atoms with E-state index < -0.39 is 0 Å². The van der Waals surface area contributed by atoms with Crippen LogP contribution in [0.4, 0.5) is 10.1 Å². The molecule has 88 valence electrons. The smallest absolute Gasteiger partial charge is 0.198 e. The first-order chi connectivity index (χ1) is 8.16. The summed E-state index contributed by atoms with van der Waals surface area (Å²) in [7, 11) is 1.80. The molecule has 4 heteroatoms. The van der Waals surface area contributed by atoms with E-state index in [1.807, 2.05) is 0 Å². The van der Waals surface area contributed by atoms with Gasteiger partial charge in [-0.3, -0.25) is 4.79 Å². The number of benzene rings is 1. The van der Waals surface area contributed by atoms with Crippen molar-refractivity contribution in [2.45, 2.75) is 0 Å². The maximum atomic E-state index is 12.7. The van der Waals surface area contributed by atoms with Crippen molar-refractivity contribution < 1.29 is 9.18 Å². The Labute approximate surface area is 98.9 Å². The van der Waals surface area contributed by atoms with Crippen molar-refractivity contribution in [1.82, 2.24) is 4.98 Å². The van der Waals surface area contributed by atoms with E-state index in [2.05, 4.69) is 4.98 Å². The zero-order valence-electron chi connectivity index (χ0n) is 9.48. The van der Waals surface area contributed by atoms with E-state index in [0.29, 0.717) is 5.69 Å². The van der Waals surface area contributed by atoms with Gasteiger partial charge in [-0.1, -0.05) is 0 Å². The van der Waals surface area contributed by atoms with Crippen molar-refractivity contribution in [3.63, 3.8) is 0 Å². The molecule has 0 radical (unpaired) electrons. The molecule has 1 aromatic heterocycles. The molecule has 0 spiro atoms. The van der Waals surface area contributed by atoms with Crippen LogP contribution in [0.5, 0.6) is 0 Å². The van der Waals surface area contributed by atoms with E-state index in [-0.39, 0.29) is 18.1 Å². The summed E-state index contributed by atoms with van der Waals surface area (Å²) in [5, 5.41) is 0. The number of carbonyl (C=O) groups excluding carboxylic acids is 1. The third-order valence-corrected chi connectivity index (χ3v) is 2.55. The summed E-state index contributed by atoms with van der Waals surface area (Å²) >= 11 is 0. The van der Waals surface area contributed by atoms with Crippen LogP contribution in [0.3, 0.4) is 0 Å². The molecule has 0 saturated carbocycles. The Hall–Kier alpha value is -2.10. The lowest BCUT2D eigenvalue weighted by Gasteiger charge is -2.17. The first kappa shape index (κ1) is 11.4. The lowest BCUT2D eigenvalue weighted by Crippen LogP contribution is -2.25. The predicted octanol–water partition coefficient (Wildman–Crippen LogP) is 2.47. The molecule has 3 nitrogen and oxygen atoms in total. The van der Waals surface area contributed by atoms with Crippen molar-refractivity contribution in [3.05, 3.63) is 54.1 Å². The highest BCUT2D eigenvalue weighted by Gasteiger charge is 2.10. The van der Waals surface area contributed by atoms with Crippen LogP contribution in [0.1, 0.15) is 10.5 Å². The first-order valence-electron chi connectivity index (χ1n) is 5.30. The van der Waals surface area contributed by atoms with Crippen LogP contribution >= 0.6 is 0 Å². The van der Waals surface area contributed by atoms with Gasteiger partial charge in [0.05, 0.1) is 12.2 Å². The summed E-state index contributed by atoms with van der Waals surface area (Å²) in [6, 6.07) is 9.58. The monoisotopic (exact) mass is 232 g/mol. The zero-order chi connectivity index (χ0) is 12.3. The van der Waals surface area contributed by atoms with Gasteiger partial charge in [-0.15, -0.1) is 0 Å². The van der Waals surface area contributed by atoms with E-state index >= 15 is 0 Å². The second-order valence-electron chi connectivity index (χ2n) is 3.84. The van der Waals surface area contributed by atoms with Gasteiger partial charge in [0.25, 0.3) is 0 Å². The number of hydrogen-bond acceptors (Lipinski definition) is 2. The highest BCUT2D eigenvalue weighted by atomic mass is 19.1. The normalized spacial score (nSPS) is 10.2. The van der Waals surface area contributed by atoms with E-state index in [9.17, 15) is 9.18 Å². The van der Waals surface area contributed by atoms with Gasteiger partial charge in [0.2, 0.25) is 0 Å². The molecule has 1 aromatic carbocycles. The van der Waals surface area contributed by atoms with Gasteiger partial charge in [0.1, 0.15) is 5.82 Å². The van der Waals surface area contributed by atoms with Crippen LogP contribution in [0.15, 0.2) is 42.6 Å². The molecule has 1 N–H and O–H groups in total. The molecule has 2 rings (SSSR count). The van der Waals surface area contributed by atoms with E-state index in [0.717, 1.165) is 5.69 Å². The Bertz CT molecular complexity index is 491. The Morgan fingerprint density at radius 3 is 2.59 bits per heavy atom. The molecule has 0 unspecified atom stereocenters. The van der Waals surface area contributed by atoms with Gasteiger partial charge >= 0.3 is 0 Å². The van der Waals surface area contributed by atoms with Crippen molar-refractivity contribution in [2.24, 2.45) is 0 Å². The maximum absolute atomic E-state index is 12.7. The number of nitrogens with one attached hydrogen (secondary N) is 1. The minimum Gasteiger partial charge on any atom is -0.367 e. The minimum atomic E-state index is -0.280. The topological polar surface area (TPSA) is 36.1 Å². The second kappa shape index (κ2) is 4.82. The van der Waals surface area contributed by atoms with Crippen LogP contribution in [0, 0.1) is 5.82 Å². The average Bonchev–Trinajstić information content (AvgIpc) is 2.83. The standard InChI is InChI=1S/C13H13FN2O/c1-16(11-6-4-10(14)5-7-11)9-13(17)12-3-2-8-15-12/h2-8,15H,9H2,1H3. The lowest BCUT2D eigenvalue weighted by atomic mass is 10.2. The van der Waals surface area contributed by atoms with Gasteiger partial charge < -0.3 is 9.88 Å². The molecule has 0 aliphatic carbocycles. The van der Waals surface area contributed by atoms with E-state index in [1.165, 1.54) is 12.1 Å². The molecule has 0 aliphatic rings. The number of Topliss-reactive ketones (excluding diaryl/α,β-unsaturated/α-hetero) is 1. The Balaban J connectivity index is 2.04. The molecular weight excluding hydrogens is 219 g/mol. The summed E-state index contributed by atoms with van der Waals surface area (Å²) in [5.74, 6) is -0.278. The van der Waals surface area contributed by atoms with Gasteiger partial charge in [-0.25, -0.2) is 4.39 Å². The number of hydrogen-bond donors (Lipinski definition) is 1. The number of aromatic nitrogens is 1. The molecule has 0 bridgehead atoms. The largest absolute Gasteiger partial charge is 0.367 e. The predicted molar refractivity (Wildman–Crippen MR) is 64.8 cm³/mol. The Morgan fingerprint density at radius 1 is 1.29 bits per heavy atom. The molecule has 1 heterocycles. The van der Waals surface area contributed by atoms with Crippen LogP contribution in [-0.4, -0.2) is 24.4 Å². The fraction of sp³-hybridized carbons (Fsp3) is 0.154. The second-order valence-corrected chi connectivity index (χ2v) is 3.84. The number of ketones is 1. The molecular formula is C13H13FN2O. The third kappa shape index (κ3) is 2.72. The number of rotatable bonds is 4. The van der Waals surface area contributed by atoms with E-state index in [4.69, 9.17) is 0 Å². The highest BCUT2D eigenvalue weighted by Crippen LogP contribution is 2.13. The fourth-order valence-electron chi connectivity index (χ4n) is 1.59. The molecule has 0 aliphatic heterocycles. The number of likely N-dealkylation sites (N-methyl/N-ethyl adjacent to an activating group) is 1. The van der Waals surface area contributed by atoms with Crippen LogP contribution in [-0.2, 0) is 0 Å². The zero-order valence-corrected chi connectivity index (χ0v) is 9.48. The van der Waals surface area contributed by atoms with Crippen molar-refractivity contribution in [3.8, 4) is 0 Å². The number of aromatic amines is 1. The maximum Gasteiger partial charge on any atom is 0.198 e. The number of nitrogens with zero attached hydrogens (tertiary/aromatic N) is 1. The van der Waals surface area contributed by atoms with Crippen LogP contribution in [0.2, 0.25) is 0 Å². The van der Waals surface area contributed by atoms with Gasteiger partial charge in [-0.05, 0) is 36.4 Å². The number of H-pyrrole nitrogens is 1. The van der Waals surface area contributed by atoms with Crippen LogP contribution in [0.25, 0.3) is 0 Å². The molecule has 0 atom stereocenters. The quantitative estimate of drug-likeness (QED) is 0.822. The first-order valence-corrected chi connectivity index (χ1v) is 5.30. The Morgan fingerprint density at radius 2 is 2.00 bits per heavy atom. The van der Waals surface area contributed by atoms with Crippen LogP contribution < -0.4 is 4.90 Å². The summed E-state index contributed by atoms with van der Waals surface area (Å²) in [6.45, 7) is 0.256. The summed E-state index contributed by atoms with van der Waals surface area (Å²) < 4.78 is 12.7. The SMILES string of the molecule is CN(CC(=O)c1ccc[nH]1)c1ccc(F)cc1. The molecule has 2 aromatic rings. The molecule has 17 heavy (non-hydrogen) atoms. The summed E-state index contributed by atoms with van der Waals surface area (Å²) in [5.41, 5.74) is 1.39. The fourth-order valence-corrected chi connectivity index (χ4v) is 1.59. The lowest BCUT2D eigenvalue weighted by molar-refractivity contribution is 0.0996. The van der Waals surface area contributed by atoms with Crippen molar-refractivity contribution >= 4 is 11.5 Å². The minimum absolute atomic E-state index is 0.00169. The summed E-state index contributed by atoms with van der Waals surface area (Å²) in [6.07, 6.45) is 1.71. The van der Waals surface area contributed by atoms with Gasteiger partial charge in [-0.2, -0.15) is 0 Å². The van der Waals surface area contributed by atoms with Gasteiger partial charge in [0.15, 0.2) is 5.78 Å². The van der Waals surface area contributed by atoms with Crippen molar-refractivity contribution in [1.29, 1.82) is 0 Å². The Kier molecular flexibility index (Phi) is 3.23. The molecule has 0 fully saturated rings. The highest BCUT2D eigenvalue weighted by molar-refractivity contribution is 5.97. The average molecular weight is 232 g/mol. The van der Waals surface area contributed by atoms with E-state index in [1.54, 1.807) is 42.4 Å². The number of carbonyl (C=O) groups is 1. The summed E-state index contributed by atoms with van der Waals surface area (Å²) in [4.78, 5) is 16.5. The molecule has 0 saturated heterocycles. The third-order valence-electron chi connectivity index (χ3n) is 2.55. The number of anilines is 1. The molecule has 0 amide bonds. The van der Waals surface area contributed by atoms with Gasteiger partial charge in [0, 0.05) is 18.9 Å². The van der Waals surface area contributed by atoms with Crippen molar-refractivity contribution in [2.75, 3.05) is 18.5 Å².